The lowest BCUT2D eigenvalue weighted by Crippen LogP contribution is -2.27. The van der Waals surface area contributed by atoms with Crippen molar-refractivity contribution in [3.05, 3.63) is 76.7 Å². The summed E-state index contributed by atoms with van der Waals surface area (Å²) in [6, 6.07) is 9.00. The van der Waals surface area contributed by atoms with E-state index >= 15 is 0 Å². The number of halogens is 1. The Hall–Kier alpha value is -3.32. The standard InChI is InChI=1S/C21H23ClN6O/c1-4-17(25-14(3)26-18-11-10-16(22)12-23-18)19-13(2)24-21(27-19)28-20(29)15-8-6-5-7-9-15/h4-12,18,23H,1-3H3,(H,25,26)(H2,24,27,28,29)/b17-4-. The average Bonchev–Trinajstić information content (AvgIpc) is 3.08. The molecule has 0 spiro atoms. The molecule has 1 aromatic carbocycles. The van der Waals surface area contributed by atoms with Gasteiger partial charge < -0.3 is 15.6 Å². The number of amidine groups is 1. The number of benzene rings is 1. The second kappa shape index (κ2) is 9.25. The number of allylic oxidation sites excluding steroid dienone is 3. The monoisotopic (exact) mass is 410 g/mol. The van der Waals surface area contributed by atoms with Gasteiger partial charge in [-0.3, -0.25) is 10.1 Å². The number of H-pyrrole nitrogens is 1. The SMILES string of the molecule is C/C=C(\N/C(C)=N/C1C=CC(Cl)=CN1)c1nc(NC(=O)c2ccccc2)[nH]c1C. The number of carbonyl (C=O) groups excluding carboxylic acids is 1. The minimum atomic E-state index is -0.222. The smallest absolute Gasteiger partial charge is 0.257 e. The summed E-state index contributed by atoms with van der Waals surface area (Å²) in [4.78, 5) is 24.5. The molecule has 4 N–H and O–H groups in total. The van der Waals surface area contributed by atoms with E-state index in [1.807, 2.05) is 51.1 Å². The number of aliphatic imine (C=N–C) groups is 1. The summed E-state index contributed by atoms with van der Waals surface area (Å²) in [6.07, 6.45) is 7.10. The predicted molar refractivity (Wildman–Crippen MR) is 118 cm³/mol. The summed E-state index contributed by atoms with van der Waals surface area (Å²) in [7, 11) is 0. The second-order valence-corrected chi connectivity index (χ2v) is 6.86. The maximum absolute atomic E-state index is 12.3. The fraction of sp³-hybridized carbons (Fsp3) is 0.190. The molecule has 150 valence electrons. The molecule has 0 saturated heterocycles. The van der Waals surface area contributed by atoms with Crippen LogP contribution >= 0.6 is 11.6 Å². The number of anilines is 1. The highest BCUT2D eigenvalue weighted by Crippen LogP contribution is 2.18. The van der Waals surface area contributed by atoms with E-state index in [1.54, 1.807) is 24.4 Å². The summed E-state index contributed by atoms with van der Waals surface area (Å²) in [5, 5.41) is 9.78. The van der Waals surface area contributed by atoms with Gasteiger partial charge in [0.15, 0.2) is 0 Å². The minimum absolute atomic E-state index is 0.191. The molecular formula is C21H23ClN6O. The zero-order valence-corrected chi connectivity index (χ0v) is 17.2. The lowest BCUT2D eigenvalue weighted by Gasteiger charge is -2.15. The summed E-state index contributed by atoms with van der Waals surface area (Å²) in [5.41, 5.74) is 2.89. The predicted octanol–water partition coefficient (Wildman–Crippen LogP) is 3.90. The largest absolute Gasteiger partial charge is 0.365 e. The molecule has 1 aliphatic heterocycles. The maximum atomic E-state index is 12.3. The third-order valence-corrected chi connectivity index (χ3v) is 4.41. The van der Waals surface area contributed by atoms with Gasteiger partial charge in [0, 0.05) is 17.5 Å². The van der Waals surface area contributed by atoms with E-state index in [-0.39, 0.29) is 12.1 Å². The molecule has 8 heteroatoms. The van der Waals surface area contributed by atoms with E-state index in [1.165, 1.54) is 0 Å². The Balaban J connectivity index is 1.70. The number of carbonyl (C=O) groups is 1. The van der Waals surface area contributed by atoms with Crippen LogP contribution in [0.4, 0.5) is 5.95 Å². The number of hydrogen-bond donors (Lipinski definition) is 4. The normalized spacial score (nSPS) is 16.8. The molecule has 3 rings (SSSR count). The van der Waals surface area contributed by atoms with Crippen molar-refractivity contribution in [2.24, 2.45) is 4.99 Å². The van der Waals surface area contributed by atoms with Crippen molar-refractivity contribution in [1.82, 2.24) is 20.6 Å². The van der Waals surface area contributed by atoms with Crippen LogP contribution in [0, 0.1) is 6.92 Å². The van der Waals surface area contributed by atoms with Crippen molar-refractivity contribution in [2.75, 3.05) is 5.32 Å². The van der Waals surface area contributed by atoms with E-state index in [2.05, 4.69) is 30.9 Å². The van der Waals surface area contributed by atoms with E-state index in [0.717, 1.165) is 11.4 Å². The van der Waals surface area contributed by atoms with Gasteiger partial charge in [-0.25, -0.2) is 9.98 Å². The van der Waals surface area contributed by atoms with Crippen LogP contribution in [0.3, 0.4) is 0 Å². The first-order chi connectivity index (χ1) is 14.0. The van der Waals surface area contributed by atoms with Crippen molar-refractivity contribution < 1.29 is 4.79 Å². The molecule has 0 bridgehead atoms. The van der Waals surface area contributed by atoms with Crippen molar-refractivity contribution in [3.8, 4) is 0 Å². The van der Waals surface area contributed by atoms with Crippen LogP contribution in [0.15, 0.2) is 64.8 Å². The molecule has 0 saturated carbocycles. The van der Waals surface area contributed by atoms with Gasteiger partial charge in [0.2, 0.25) is 5.95 Å². The van der Waals surface area contributed by atoms with E-state index in [0.29, 0.717) is 28.1 Å². The molecule has 1 aromatic heterocycles. The minimum Gasteiger partial charge on any atom is -0.365 e. The highest BCUT2D eigenvalue weighted by atomic mass is 35.5. The van der Waals surface area contributed by atoms with Crippen LogP contribution in [-0.4, -0.2) is 27.9 Å². The Morgan fingerprint density at radius 2 is 2.07 bits per heavy atom. The lowest BCUT2D eigenvalue weighted by atomic mass is 10.2. The lowest BCUT2D eigenvalue weighted by molar-refractivity contribution is 0.102. The number of amides is 1. The van der Waals surface area contributed by atoms with Crippen molar-refractivity contribution in [1.29, 1.82) is 0 Å². The third-order valence-electron chi connectivity index (χ3n) is 4.17. The number of imidazole rings is 1. The van der Waals surface area contributed by atoms with Gasteiger partial charge in [-0.15, -0.1) is 0 Å². The molecule has 7 nitrogen and oxygen atoms in total. The van der Waals surface area contributed by atoms with Crippen molar-refractivity contribution >= 4 is 35.0 Å². The topological polar surface area (TPSA) is 94.2 Å². The van der Waals surface area contributed by atoms with E-state index < -0.39 is 0 Å². The van der Waals surface area contributed by atoms with E-state index in [9.17, 15) is 4.79 Å². The molecule has 2 heterocycles. The van der Waals surface area contributed by atoms with Gasteiger partial charge >= 0.3 is 0 Å². The number of hydrogen-bond acceptors (Lipinski definition) is 4. The van der Waals surface area contributed by atoms with Gasteiger partial charge in [0.1, 0.15) is 17.7 Å². The number of aromatic nitrogens is 2. The molecular weight excluding hydrogens is 388 g/mol. The Bertz CT molecular complexity index is 1000. The molecule has 0 fully saturated rings. The first-order valence-electron chi connectivity index (χ1n) is 9.17. The number of nitrogens with zero attached hydrogens (tertiary/aromatic N) is 2. The summed E-state index contributed by atoms with van der Waals surface area (Å²) >= 11 is 5.90. The third kappa shape index (κ3) is 5.36. The quantitative estimate of drug-likeness (QED) is 0.444. The van der Waals surface area contributed by atoms with Crippen LogP contribution in [-0.2, 0) is 0 Å². The Kier molecular flexibility index (Phi) is 6.51. The van der Waals surface area contributed by atoms with Gasteiger partial charge in [-0.1, -0.05) is 35.9 Å². The molecule has 0 aliphatic carbocycles. The van der Waals surface area contributed by atoms with Gasteiger partial charge in [-0.2, -0.15) is 0 Å². The first kappa shape index (κ1) is 20.4. The van der Waals surface area contributed by atoms with Crippen molar-refractivity contribution in [2.45, 2.75) is 26.9 Å². The van der Waals surface area contributed by atoms with Gasteiger partial charge in [0.05, 0.1) is 10.7 Å². The van der Waals surface area contributed by atoms with Crippen molar-refractivity contribution in [3.63, 3.8) is 0 Å². The Morgan fingerprint density at radius 1 is 1.31 bits per heavy atom. The summed E-state index contributed by atoms with van der Waals surface area (Å²) < 4.78 is 0. The molecule has 1 aliphatic rings. The van der Waals surface area contributed by atoms with Crippen LogP contribution in [0.1, 0.15) is 35.6 Å². The zero-order valence-electron chi connectivity index (χ0n) is 16.5. The summed E-state index contributed by atoms with van der Waals surface area (Å²) in [5.74, 6) is 0.878. The number of dihydropyridines is 1. The fourth-order valence-corrected chi connectivity index (χ4v) is 2.92. The Morgan fingerprint density at radius 3 is 2.72 bits per heavy atom. The number of nitrogens with one attached hydrogen (secondary N) is 4. The van der Waals surface area contributed by atoms with Gasteiger partial charge in [0.25, 0.3) is 5.91 Å². The molecule has 0 radical (unpaired) electrons. The maximum Gasteiger partial charge on any atom is 0.257 e. The van der Waals surface area contributed by atoms with Crippen LogP contribution in [0.2, 0.25) is 0 Å². The fourth-order valence-electron chi connectivity index (χ4n) is 2.79. The Labute approximate surface area is 174 Å². The molecule has 1 atom stereocenters. The highest BCUT2D eigenvalue weighted by Gasteiger charge is 2.14. The van der Waals surface area contributed by atoms with Gasteiger partial charge in [-0.05, 0) is 45.1 Å². The molecule has 2 aromatic rings. The highest BCUT2D eigenvalue weighted by molar-refractivity contribution is 6.31. The van der Waals surface area contributed by atoms with Crippen LogP contribution in [0.25, 0.3) is 5.70 Å². The van der Waals surface area contributed by atoms with Crippen LogP contribution in [0.5, 0.6) is 0 Å². The zero-order chi connectivity index (χ0) is 20.8. The first-order valence-corrected chi connectivity index (χ1v) is 9.55. The number of aryl methyl sites for hydroxylation is 1. The summed E-state index contributed by atoms with van der Waals surface area (Å²) in [6.45, 7) is 5.68. The average molecular weight is 411 g/mol. The number of aromatic amines is 1. The van der Waals surface area contributed by atoms with E-state index in [4.69, 9.17) is 11.6 Å². The molecule has 1 amide bonds. The molecule has 29 heavy (non-hydrogen) atoms. The number of rotatable bonds is 5. The van der Waals surface area contributed by atoms with Crippen LogP contribution < -0.4 is 16.0 Å². The molecule has 1 unspecified atom stereocenters. The second-order valence-electron chi connectivity index (χ2n) is 6.42.